The lowest BCUT2D eigenvalue weighted by molar-refractivity contribution is -0.117. The maximum atomic E-state index is 12.3. The Morgan fingerprint density at radius 2 is 2.12 bits per heavy atom. The number of nitrogens with zero attached hydrogens (tertiary/aromatic N) is 6. The molecule has 10 heteroatoms. The number of aromatic amines is 1. The van der Waals surface area contributed by atoms with Gasteiger partial charge in [0.05, 0.1) is 42.1 Å². The van der Waals surface area contributed by atoms with E-state index in [1.54, 1.807) is 17.1 Å². The van der Waals surface area contributed by atoms with E-state index in [0.717, 1.165) is 23.6 Å². The molecule has 3 rings (SSSR count). The van der Waals surface area contributed by atoms with E-state index in [1.165, 1.54) is 0 Å². The molecule has 1 amide bonds. The quantitative estimate of drug-likeness (QED) is 0.632. The van der Waals surface area contributed by atoms with Crippen molar-refractivity contribution in [3.05, 3.63) is 23.8 Å². The lowest BCUT2D eigenvalue weighted by Gasteiger charge is -2.20. The van der Waals surface area contributed by atoms with Crippen LogP contribution >= 0.6 is 0 Å². The van der Waals surface area contributed by atoms with Gasteiger partial charge < -0.3 is 10.4 Å². The third kappa shape index (κ3) is 4.62. The average molecular weight is 348 g/mol. The highest BCUT2D eigenvalue weighted by Gasteiger charge is 2.23. The van der Waals surface area contributed by atoms with Crippen LogP contribution in [0.2, 0.25) is 0 Å². The number of hydrogen-bond acceptors (Lipinski definition) is 7. The standard InChI is InChI=1S/C15H24N8O2/c1-11-14(6-17-21(11)2)18-15(25)10-23-4-3-22(8-13(24)9-23)7-12-5-16-20-19-12/h5-6,13,24H,3-4,7-10H2,1-2H3,(H,18,25)(H,16,19,20). The number of nitrogens with one attached hydrogen (secondary N) is 2. The smallest absolute Gasteiger partial charge is 0.238 e. The molecule has 2 aromatic heterocycles. The number of amides is 1. The Bertz CT molecular complexity index is 698. The van der Waals surface area contributed by atoms with E-state index in [2.05, 4.69) is 30.7 Å². The van der Waals surface area contributed by atoms with Crippen molar-refractivity contribution in [2.24, 2.45) is 7.05 Å². The average Bonchev–Trinajstić information content (AvgIpc) is 3.13. The highest BCUT2D eigenvalue weighted by molar-refractivity contribution is 5.92. The van der Waals surface area contributed by atoms with Crippen molar-refractivity contribution in [1.82, 2.24) is 35.0 Å². The molecule has 1 aliphatic rings. The Morgan fingerprint density at radius 3 is 2.80 bits per heavy atom. The fraction of sp³-hybridized carbons (Fsp3) is 0.600. The number of anilines is 1. The van der Waals surface area contributed by atoms with Gasteiger partial charge in [-0.15, -0.1) is 0 Å². The van der Waals surface area contributed by atoms with Crippen LogP contribution in [-0.4, -0.2) is 84.8 Å². The molecule has 1 saturated heterocycles. The predicted octanol–water partition coefficient (Wildman–Crippen LogP) is -1.04. The molecule has 25 heavy (non-hydrogen) atoms. The number of rotatable bonds is 5. The molecule has 10 nitrogen and oxygen atoms in total. The zero-order chi connectivity index (χ0) is 17.8. The lowest BCUT2D eigenvalue weighted by Crippen LogP contribution is -2.38. The normalized spacial score (nSPS) is 19.7. The van der Waals surface area contributed by atoms with E-state index in [4.69, 9.17) is 0 Å². The van der Waals surface area contributed by atoms with Crippen LogP contribution in [0.5, 0.6) is 0 Å². The molecular formula is C15H24N8O2. The fourth-order valence-electron chi connectivity index (χ4n) is 2.95. The second kappa shape index (κ2) is 7.72. The van der Waals surface area contributed by atoms with Crippen molar-refractivity contribution < 1.29 is 9.90 Å². The summed E-state index contributed by atoms with van der Waals surface area (Å²) in [5.41, 5.74) is 2.46. The van der Waals surface area contributed by atoms with E-state index in [1.807, 2.05) is 18.9 Å². The fourth-order valence-corrected chi connectivity index (χ4v) is 2.95. The molecule has 0 aliphatic carbocycles. The minimum Gasteiger partial charge on any atom is -0.390 e. The Labute approximate surface area is 145 Å². The summed E-state index contributed by atoms with van der Waals surface area (Å²) >= 11 is 0. The summed E-state index contributed by atoms with van der Waals surface area (Å²) in [5.74, 6) is -0.103. The zero-order valence-corrected chi connectivity index (χ0v) is 14.5. The number of aliphatic hydroxyl groups is 1. The molecule has 0 spiro atoms. The first-order valence-corrected chi connectivity index (χ1v) is 8.27. The van der Waals surface area contributed by atoms with Crippen LogP contribution in [-0.2, 0) is 18.4 Å². The third-order valence-corrected chi connectivity index (χ3v) is 4.40. The topological polar surface area (TPSA) is 115 Å². The van der Waals surface area contributed by atoms with Gasteiger partial charge in [-0.05, 0) is 6.92 Å². The molecule has 0 saturated carbocycles. The van der Waals surface area contributed by atoms with E-state index < -0.39 is 6.10 Å². The molecule has 0 aromatic carbocycles. The number of H-pyrrole nitrogens is 1. The van der Waals surface area contributed by atoms with Gasteiger partial charge in [-0.1, -0.05) is 0 Å². The molecule has 1 unspecified atom stereocenters. The highest BCUT2D eigenvalue weighted by Crippen LogP contribution is 2.12. The first kappa shape index (κ1) is 17.5. The molecule has 0 bridgehead atoms. The second-order valence-electron chi connectivity index (χ2n) is 6.40. The van der Waals surface area contributed by atoms with Crippen molar-refractivity contribution in [2.45, 2.75) is 19.6 Å². The summed E-state index contributed by atoms with van der Waals surface area (Å²) in [6.45, 7) is 5.24. The van der Waals surface area contributed by atoms with Gasteiger partial charge in [0, 0.05) is 39.8 Å². The Hall–Kier alpha value is -2.30. The van der Waals surface area contributed by atoms with Crippen LogP contribution in [0.15, 0.2) is 12.4 Å². The van der Waals surface area contributed by atoms with E-state index in [-0.39, 0.29) is 12.5 Å². The number of aryl methyl sites for hydroxylation is 1. The van der Waals surface area contributed by atoms with Gasteiger partial charge >= 0.3 is 0 Å². The van der Waals surface area contributed by atoms with Crippen molar-refractivity contribution in [3.63, 3.8) is 0 Å². The van der Waals surface area contributed by atoms with E-state index in [9.17, 15) is 9.90 Å². The van der Waals surface area contributed by atoms with Crippen LogP contribution in [0.3, 0.4) is 0 Å². The number of carbonyl (C=O) groups excluding carboxylic acids is 1. The molecule has 1 aliphatic heterocycles. The largest absolute Gasteiger partial charge is 0.390 e. The summed E-state index contributed by atoms with van der Waals surface area (Å²) in [6.07, 6.45) is 2.81. The molecule has 1 fully saturated rings. The number of aromatic nitrogens is 5. The van der Waals surface area contributed by atoms with Gasteiger partial charge in [0.15, 0.2) is 0 Å². The van der Waals surface area contributed by atoms with Crippen LogP contribution in [0.25, 0.3) is 0 Å². The van der Waals surface area contributed by atoms with E-state index >= 15 is 0 Å². The molecular weight excluding hydrogens is 324 g/mol. The number of β-amino-alcohol motifs (C(OH)–C–C–N with tert-alkyl or cyclic N) is 1. The second-order valence-corrected chi connectivity index (χ2v) is 6.40. The molecule has 2 aromatic rings. The Balaban J connectivity index is 1.52. The van der Waals surface area contributed by atoms with Crippen LogP contribution in [0, 0.1) is 6.92 Å². The van der Waals surface area contributed by atoms with Gasteiger partial charge in [-0.2, -0.15) is 20.5 Å². The SMILES string of the molecule is Cc1c(NC(=O)CN2CCN(Cc3cn[nH]n3)CC(O)C2)cnn1C. The van der Waals surface area contributed by atoms with Crippen LogP contribution in [0.4, 0.5) is 5.69 Å². The van der Waals surface area contributed by atoms with Gasteiger partial charge in [-0.25, -0.2) is 0 Å². The summed E-state index contributed by atoms with van der Waals surface area (Å²) < 4.78 is 1.72. The third-order valence-electron chi connectivity index (χ3n) is 4.40. The minimum atomic E-state index is -0.512. The first-order chi connectivity index (χ1) is 12.0. The van der Waals surface area contributed by atoms with Gasteiger partial charge in [-0.3, -0.25) is 19.3 Å². The summed E-state index contributed by atoms with van der Waals surface area (Å²) in [4.78, 5) is 16.4. The highest BCUT2D eigenvalue weighted by atomic mass is 16.3. The number of carbonyl (C=O) groups is 1. The number of aliphatic hydroxyl groups excluding tert-OH is 1. The lowest BCUT2D eigenvalue weighted by atomic mass is 10.3. The van der Waals surface area contributed by atoms with Gasteiger partial charge in [0.25, 0.3) is 0 Å². The molecule has 3 heterocycles. The first-order valence-electron chi connectivity index (χ1n) is 8.27. The predicted molar refractivity (Wildman–Crippen MR) is 90.7 cm³/mol. The zero-order valence-electron chi connectivity index (χ0n) is 14.5. The minimum absolute atomic E-state index is 0.103. The van der Waals surface area contributed by atoms with Gasteiger partial charge in [0.2, 0.25) is 5.91 Å². The van der Waals surface area contributed by atoms with Crippen molar-refractivity contribution >= 4 is 11.6 Å². The molecule has 0 radical (unpaired) electrons. The van der Waals surface area contributed by atoms with Crippen LogP contribution in [0.1, 0.15) is 11.4 Å². The van der Waals surface area contributed by atoms with Crippen LogP contribution < -0.4 is 5.32 Å². The molecule has 1 atom stereocenters. The van der Waals surface area contributed by atoms with Gasteiger partial charge in [0.1, 0.15) is 0 Å². The summed E-state index contributed by atoms with van der Waals surface area (Å²) in [6, 6.07) is 0. The molecule has 136 valence electrons. The van der Waals surface area contributed by atoms with E-state index in [0.29, 0.717) is 26.2 Å². The molecule has 3 N–H and O–H groups in total. The Morgan fingerprint density at radius 1 is 1.36 bits per heavy atom. The van der Waals surface area contributed by atoms with Crippen molar-refractivity contribution in [2.75, 3.05) is 38.0 Å². The maximum Gasteiger partial charge on any atom is 0.238 e. The number of hydrogen-bond donors (Lipinski definition) is 3. The summed E-state index contributed by atoms with van der Waals surface area (Å²) in [7, 11) is 1.83. The van der Waals surface area contributed by atoms with Crippen molar-refractivity contribution in [3.8, 4) is 0 Å². The van der Waals surface area contributed by atoms with Crippen molar-refractivity contribution in [1.29, 1.82) is 0 Å². The Kier molecular flexibility index (Phi) is 5.41. The monoisotopic (exact) mass is 348 g/mol. The maximum absolute atomic E-state index is 12.3. The summed E-state index contributed by atoms with van der Waals surface area (Å²) in [5, 5.41) is 27.7.